The predicted molar refractivity (Wildman–Crippen MR) is 70.5 cm³/mol. The summed E-state index contributed by atoms with van der Waals surface area (Å²) >= 11 is 0. The zero-order valence-corrected chi connectivity index (χ0v) is 11.8. The second-order valence-corrected chi connectivity index (χ2v) is 7.21. The van der Waals surface area contributed by atoms with E-state index in [0.717, 1.165) is 6.07 Å². The van der Waals surface area contributed by atoms with Gasteiger partial charge in [0.25, 0.3) is 0 Å². The molecule has 0 fully saturated rings. The van der Waals surface area contributed by atoms with Gasteiger partial charge < -0.3 is 4.42 Å². The average molecular weight is 316 g/mol. The highest BCUT2D eigenvalue weighted by Crippen LogP contribution is 2.19. The Morgan fingerprint density at radius 1 is 1.05 bits per heavy atom. The molecule has 0 radical (unpaired) electrons. The standard InChI is InChI=1S/C11H12N2O5S2/c12-19(14,15)10-3-1-2-4-11(10)20(16,17)13-7-9-5-6-18-8-9/h1-6,8,13H,7H2,(H2,12,14,15). The third kappa shape index (κ3) is 3.25. The van der Waals surface area contributed by atoms with Crippen LogP contribution < -0.4 is 9.86 Å². The van der Waals surface area contributed by atoms with E-state index < -0.39 is 24.9 Å². The summed E-state index contributed by atoms with van der Waals surface area (Å²) in [5.41, 5.74) is 0.613. The van der Waals surface area contributed by atoms with Crippen LogP contribution in [0.2, 0.25) is 0 Å². The zero-order valence-electron chi connectivity index (χ0n) is 10.2. The van der Waals surface area contributed by atoms with Gasteiger partial charge in [-0.2, -0.15) is 0 Å². The highest BCUT2D eigenvalue weighted by Gasteiger charge is 2.23. The molecule has 0 amide bonds. The molecule has 1 aromatic heterocycles. The van der Waals surface area contributed by atoms with Crippen molar-refractivity contribution in [1.29, 1.82) is 0 Å². The first-order chi connectivity index (χ1) is 9.31. The SMILES string of the molecule is NS(=O)(=O)c1ccccc1S(=O)(=O)NCc1ccoc1. The number of hydrogen-bond donors (Lipinski definition) is 2. The Morgan fingerprint density at radius 2 is 1.70 bits per heavy atom. The summed E-state index contributed by atoms with van der Waals surface area (Å²) in [6, 6.07) is 6.73. The molecule has 9 heteroatoms. The lowest BCUT2D eigenvalue weighted by Gasteiger charge is -2.09. The highest BCUT2D eigenvalue weighted by atomic mass is 32.2. The van der Waals surface area contributed by atoms with E-state index in [-0.39, 0.29) is 11.4 Å². The van der Waals surface area contributed by atoms with Gasteiger partial charge in [0.2, 0.25) is 20.0 Å². The van der Waals surface area contributed by atoms with Crippen LogP contribution in [-0.4, -0.2) is 16.8 Å². The molecular formula is C11H12N2O5S2. The quantitative estimate of drug-likeness (QED) is 0.827. The molecule has 1 heterocycles. The maximum atomic E-state index is 12.1. The summed E-state index contributed by atoms with van der Waals surface area (Å²) in [4.78, 5) is -0.828. The molecule has 108 valence electrons. The van der Waals surface area contributed by atoms with Crippen molar-refractivity contribution in [2.24, 2.45) is 5.14 Å². The number of nitrogens with one attached hydrogen (secondary N) is 1. The maximum Gasteiger partial charge on any atom is 0.242 e. The third-order valence-electron chi connectivity index (χ3n) is 2.49. The van der Waals surface area contributed by atoms with E-state index in [9.17, 15) is 16.8 Å². The Hall–Kier alpha value is -1.68. The smallest absolute Gasteiger partial charge is 0.242 e. The highest BCUT2D eigenvalue weighted by molar-refractivity contribution is 7.92. The number of rotatable bonds is 5. The monoisotopic (exact) mass is 316 g/mol. The van der Waals surface area contributed by atoms with Gasteiger partial charge in [0, 0.05) is 12.1 Å². The molecule has 1 aromatic carbocycles. The van der Waals surface area contributed by atoms with Gasteiger partial charge in [0.05, 0.1) is 12.5 Å². The minimum absolute atomic E-state index is 0.0161. The van der Waals surface area contributed by atoms with Gasteiger partial charge in [0.15, 0.2) is 0 Å². The summed E-state index contributed by atoms with van der Waals surface area (Å²) in [7, 11) is -8.13. The molecule has 0 aliphatic carbocycles. The lowest BCUT2D eigenvalue weighted by molar-refractivity contribution is 0.560. The predicted octanol–water partition coefficient (Wildman–Crippen LogP) is 0.405. The molecule has 2 rings (SSSR count). The van der Waals surface area contributed by atoms with Crippen LogP contribution in [0.15, 0.2) is 57.1 Å². The van der Waals surface area contributed by atoms with Crippen LogP contribution >= 0.6 is 0 Å². The molecule has 0 bridgehead atoms. The molecule has 0 spiro atoms. The molecule has 0 unspecified atom stereocenters. The van der Waals surface area contributed by atoms with E-state index in [1.54, 1.807) is 6.07 Å². The van der Waals surface area contributed by atoms with Crippen molar-refractivity contribution in [3.8, 4) is 0 Å². The first-order valence-corrected chi connectivity index (χ1v) is 8.46. The van der Waals surface area contributed by atoms with E-state index >= 15 is 0 Å². The van der Waals surface area contributed by atoms with Crippen molar-refractivity contribution in [3.63, 3.8) is 0 Å². The van der Waals surface area contributed by atoms with Crippen LogP contribution in [0.4, 0.5) is 0 Å². The van der Waals surface area contributed by atoms with Gasteiger partial charge in [-0.25, -0.2) is 26.7 Å². The largest absolute Gasteiger partial charge is 0.472 e. The molecule has 20 heavy (non-hydrogen) atoms. The van der Waals surface area contributed by atoms with Gasteiger partial charge in [-0.05, 0) is 18.2 Å². The van der Waals surface area contributed by atoms with E-state index in [4.69, 9.17) is 9.56 Å². The van der Waals surface area contributed by atoms with Gasteiger partial charge in [-0.3, -0.25) is 0 Å². The second kappa shape index (κ2) is 5.37. The number of primary sulfonamides is 1. The lowest BCUT2D eigenvalue weighted by atomic mass is 10.4. The minimum atomic E-state index is -4.13. The number of nitrogens with two attached hydrogens (primary N) is 1. The molecular weight excluding hydrogens is 304 g/mol. The Kier molecular flexibility index (Phi) is 3.95. The first kappa shape index (κ1) is 14.7. The van der Waals surface area contributed by atoms with Crippen molar-refractivity contribution in [2.45, 2.75) is 16.3 Å². The fraction of sp³-hybridized carbons (Fsp3) is 0.0909. The summed E-state index contributed by atoms with van der Waals surface area (Å²) < 4.78 is 54.2. The van der Waals surface area contributed by atoms with Crippen LogP contribution in [0, 0.1) is 0 Å². The summed E-state index contributed by atoms with van der Waals surface area (Å²) in [6.07, 6.45) is 2.79. The van der Waals surface area contributed by atoms with E-state index in [0.29, 0.717) is 5.56 Å². The Labute approximate surface area is 116 Å². The minimum Gasteiger partial charge on any atom is -0.472 e. The molecule has 0 saturated carbocycles. The van der Waals surface area contributed by atoms with Crippen molar-refractivity contribution in [2.75, 3.05) is 0 Å². The van der Waals surface area contributed by atoms with Crippen molar-refractivity contribution in [1.82, 2.24) is 4.72 Å². The molecule has 7 nitrogen and oxygen atoms in total. The second-order valence-electron chi connectivity index (χ2n) is 3.95. The van der Waals surface area contributed by atoms with E-state index in [1.807, 2.05) is 0 Å². The van der Waals surface area contributed by atoms with Crippen molar-refractivity contribution >= 4 is 20.0 Å². The zero-order chi connectivity index (χ0) is 14.8. The Bertz CT molecular complexity index is 795. The fourth-order valence-corrected chi connectivity index (χ4v) is 3.95. The topological polar surface area (TPSA) is 119 Å². The molecule has 0 aliphatic heterocycles. The molecule has 2 aromatic rings. The van der Waals surface area contributed by atoms with Crippen LogP contribution in [0.5, 0.6) is 0 Å². The molecule has 0 atom stereocenters. The van der Waals surface area contributed by atoms with Crippen molar-refractivity contribution in [3.05, 3.63) is 48.4 Å². The number of furan rings is 1. The number of sulfonamides is 2. The summed E-state index contributed by atoms with van der Waals surface area (Å²) in [5, 5.41) is 5.01. The van der Waals surface area contributed by atoms with E-state index in [1.165, 1.54) is 30.7 Å². The van der Waals surface area contributed by atoms with Gasteiger partial charge >= 0.3 is 0 Å². The molecule has 3 N–H and O–H groups in total. The van der Waals surface area contributed by atoms with Crippen LogP contribution in [-0.2, 0) is 26.6 Å². The van der Waals surface area contributed by atoms with Gasteiger partial charge in [0.1, 0.15) is 9.79 Å². The van der Waals surface area contributed by atoms with Crippen LogP contribution in [0.3, 0.4) is 0 Å². The summed E-state index contributed by atoms with van der Waals surface area (Å²) in [5.74, 6) is 0. The van der Waals surface area contributed by atoms with Gasteiger partial charge in [-0.1, -0.05) is 12.1 Å². The van der Waals surface area contributed by atoms with Crippen molar-refractivity contribution < 1.29 is 21.3 Å². The Morgan fingerprint density at radius 3 is 2.25 bits per heavy atom. The lowest BCUT2D eigenvalue weighted by Crippen LogP contribution is -2.26. The molecule has 0 saturated heterocycles. The third-order valence-corrected chi connectivity index (χ3v) is 5.05. The summed E-state index contributed by atoms with van der Waals surface area (Å²) in [6.45, 7) is -0.0161. The normalized spacial score (nSPS) is 12.4. The van der Waals surface area contributed by atoms with Crippen LogP contribution in [0.1, 0.15) is 5.56 Å². The average Bonchev–Trinajstić information content (AvgIpc) is 2.89. The number of benzene rings is 1. The Balaban J connectivity index is 2.35. The fourth-order valence-electron chi connectivity index (χ4n) is 1.56. The first-order valence-electron chi connectivity index (χ1n) is 5.43. The number of hydrogen-bond acceptors (Lipinski definition) is 5. The van der Waals surface area contributed by atoms with E-state index in [2.05, 4.69) is 4.72 Å². The molecule has 0 aliphatic rings. The van der Waals surface area contributed by atoms with Gasteiger partial charge in [-0.15, -0.1) is 0 Å². The maximum absolute atomic E-state index is 12.1. The van der Waals surface area contributed by atoms with Crippen LogP contribution in [0.25, 0.3) is 0 Å².